The van der Waals surface area contributed by atoms with Gasteiger partial charge in [-0.2, -0.15) is 0 Å². The Morgan fingerprint density at radius 3 is 2.11 bits per heavy atom. The third-order valence-corrected chi connectivity index (χ3v) is 3.54. The van der Waals surface area contributed by atoms with Crippen molar-refractivity contribution in [2.45, 2.75) is 45.6 Å². The Hall–Kier alpha value is -1.84. The number of nitrogens with one attached hydrogen (secondary N) is 1. The number of amides is 1. The lowest BCUT2D eigenvalue weighted by Gasteiger charge is -2.31. The number of hydrogen-bond donors (Lipinski definition) is 2. The molecule has 0 radical (unpaired) electrons. The van der Waals surface area contributed by atoms with E-state index >= 15 is 0 Å². The summed E-state index contributed by atoms with van der Waals surface area (Å²) in [4.78, 5) is 23.1. The van der Waals surface area contributed by atoms with Crippen molar-refractivity contribution in [2.24, 2.45) is 0 Å². The molecule has 1 aromatic carbocycles. The van der Waals surface area contributed by atoms with Crippen LogP contribution in [0.1, 0.15) is 49.0 Å². The van der Waals surface area contributed by atoms with Crippen LogP contribution < -0.4 is 5.32 Å². The number of carboxylic acids is 1. The Morgan fingerprint density at radius 2 is 1.68 bits per heavy atom. The molecule has 0 atom stereocenters. The molecule has 19 heavy (non-hydrogen) atoms. The summed E-state index contributed by atoms with van der Waals surface area (Å²) in [5.74, 6) is -1.11. The quantitative estimate of drug-likeness (QED) is 0.829. The lowest BCUT2D eigenvalue weighted by molar-refractivity contribution is -0.138. The number of carboxylic acid groups (broad SMARTS) is 1. The van der Waals surface area contributed by atoms with Crippen LogP contribution in [0.2, 0.25) is 0 Å². The molecule has 1 amide bonds. The van der Waals surface area contributed by atoms with Crippen LogP contribution >= 0.6 is 0 Å². The van der Waals surface area contributed by atoms with Gasteiger partial charge >= 0.3 is 5.97 Å². The Morgan fingerprint density at radius 1 is 1.16 bits per heavy atom. The van der Waals surface area contributed by atoms with E-state index in [1.165, 1.54) is 0 Å². The predicted octanol–water partition coefficient (Wildman–Crippen LogP) is 2.76. The second-order valence-electron chi connectivity index (χ2n) is 4.88. The van der Waals surface area contributed by atoms with Crippen molar-refractivity contribution in [3.8, 4) is 0 Å². The van der Waals surface area contributed by atoms with Crippen LogP contribution in [0.5, 0.6) is 0 Å². The van der Waals surface area contributed by atoms with Crippen LogP contribution in [-0.2, 0) is 4.79 Å². The molecule has 0 fully saturated rings. The fraction of sp³-hybridized carbons (Fsp3) is 0.467. The summed E-state index contributed by atoms with van der Waals surface area (Å²) in [5, 5.41) is 11.9. The zero-order valence-electron chi connectivity index (χ0n) is 11.7. The number of aryl methyl sites for hydroxylation is 1. The van der Waals surface area contributed by atoms with Gasteiger partial charge in [0.2, 0.25) is 0 Å². The number of benzene rings is 1. The van der Waals surface area contributed by atoms with Crippen molar-refractivity contribution in [1.82, 2.24) is 5.32 Å². The van der Waals surface area contributed by atoms with Crippen molar-refractivity contribution < 1.29 is 14.7 Å². The Bertz CT molecular complexity index is 447. The van der Waals surface area contributed by atoms with E-state index in [1.807, 2.05) is 32.9 Å². The smallest absolute Gasteiger partial charge is 0.305 e. The lowest BCUT2D eigenvalue weighted by atomic mass is 9.88. The van der Waals surface area contributed by atoms with Gasteiger partial charge in [-0.1, -0.05) is 31.5 Å². The molecule has 1 aromatic rings. The number of carbonyl (C=O) groups is 2. The molecule has 0 saturated carbocycles. The van der Waals surface area contributed by atoms with E-state index in [0.717, 1.165) is 5.56 Å². The first-order valence-corrected chi connectivity index (χ1v) is 6.53. The summed E-state index contributed by atoms with van der Waals surface area (Å²) in [6.45, 7) is 5.73. The minimum atomic E-state index is -0.895. The molecule has 4 nitrogen and oxygen atoms in total. The first-order valence-electron chi connectivity index (χ1n) is 6.53. The molecule has 4 heteroatoms. The van der Waals surface area contributed by atoms with Gasteiger partial charge in [-0.05, 0) is 31.9 Å². The molecule has 104 valence electrons. The lowest BCUT2D eigenvalue weighted by Crippen LogP contribution is -2.49. The number of rotatable bonds is 6. The van der Waals surface area contributed by atoms with Crippen LogP contribution in [-0.4, -0.2) is 22.5 Å². The Balaban J connectivity index is 2.87. The number of hydrogen-bond acceptors (Lipinski definition) is 2. The van der Waals surface area contributed by atoms with Gasteiger partial charge in [0, 0.05) is 5.56 Å². The van der Waals surface area contributed by atoms with E-state index in [4.69, 9.17) is 5.11 Å². The number of carbonyl (C=O) groups excluding carboxylic acids is 1. The third kappa shape index (κ3) is 4.09. The maximum atomic E-state index is 12.2. The highest BCUT2D eigenvalue weighted by atomic mass is 16.4. The topological polar surface area (TPSA) is 66.4 Å². The minimum absolute atomic E-state index is 0.0579. The maximum Gasteiger partial charge on any atom is 0.305 e. The first-order chi connectivity index (χ1) is 8.92. The van der Waals surface area contributed by atoms with E-state index < -0.39 is 11.5 Å². The molecule has 0 aliphatic carbocycles. The van der Waals surface area contributed by atoms with Gasteiger partial charge in [0.25, 0.3) is 5.91 Å². The van der Waals surface area contributed by atoms with E-state index in [9.17, 15) is 9.59 Å². The molecule has 0 aliphatic rings. The van der Waals surface area contributed by atoms with Crippen molar-refractivity contribution >= 4 is 11.9 Å². The van der Waals surface area contributed by atoms with E-state index in [2.05, 4.69) is 5.32 Å². The molecule has 0 spiro atoms. The van der Waals surface area contributed by atoms with Gasteiger partial charge in [-0.15, -0.1) is 0 Å². The van der Waals surface area contributed by atoms with Gasteiger partial charge in [0.05, 0.1) is 12.0 Å². The molecule has 0 aliphatic heterocycles. The van der Waals surface area contributed by atoms with Gasteiger partial charge in [-0.25, -0.2) is 0 Å². The van der Waals surface area contributed by atoms with Crippen molar-refractivity contribution in [3.05, 3.63) is 35.4 Å². The van der Waals surface area contributed by atoms with E-state index in [0.29, 0.717) is 18.4 Å². The van der Waals surface area contributed by atoms with E-state index in [1.54, 1.807) is 12.1 Å². The predicted molar refractivity (Wildman–Crippen MR) is 74.2 cm³/mol. The summed E-state index contributed by atoms with van der Waals surface area (Å²) in [7, 11) is 0. The highest BCUT2D eigenvalue weighted by Crippen LogP contribution is 2.20. The molecule has 0 aromatic heterocycles. The second-order valence-corrected chi connectivity index (χ2v) is 4.88. The Kier molecular flexibility index (Phi) is 5.10. The molecular formula is C15H21NO3. The van der Waals surface area contributed by atoms with Crippen molar-refractivity contribution in [3.63, 3.8) is 0 Å². The fourth-order valence-corrected chi connectivity index (χ4v) is 2.03. The van der Waals surface area contributed by atoms with E-state index in [-0.39, 0.29) is 12.3 Å². The number of aliphatic carboxylic acids is 1. The summed E-state index contributed by atoms with van der Waals surface area (Å²) in [6, 6.07) is 7.24. The zero-order chi connectivity index (χ0) is 14.5. The summed E-state index contributed by atoms with van der Waals surface area (Å²) < 4.78 is 0. The minimum Gasteiger partial charge on any atom is -0.481 e. The Labute approximate surface area is 113 Å². The molecule has 1 rings (SSSR count). The van der Waals surface area contributed by atoms with Crippen LogP contribution in [0.4, 0.5) is 0 Å². The van der Waals surface area contributed by atoms with Gasteiger partial charge < -0.3 is 10.4 Å². The molecule has 0 unspecified atom stereocenters. The average Bonchev–Trinajstić information content (AvgIpc) is 2.38. The summed E-state index contributed by atoms with van der Waals surface area (Å²) >= 11 is 0. The molecular weight excluding hydrogens is 242 g/mol. The molecule has 0 bridgehead atoms. The zero-order valence-corrected chi connectivity index (χ0v) is 11.7. The van der Waals surface area contributed by atoms with Crippen LogP contribution in [0.25, 0.3) is 0 Å². The normalized spacial score (nSPS) is 11.1. The molecule has 2 N–H and O–H groups in total. The van der Waals surface area contributed by atoms with Gasteiger partial charge in [0.1, 0.15) is 0 Å². The van der Waals surface area contributed by atoms with Crippen molar-refractivity contribution in [1.29, 1.82) is 0 Å². The third-order valence-electron chi connectivity index (χ3n) is 3.54. The molecule has 0 saturated heterocycles. The maximum absolute atomic E-state index is 12.2. The SMILES string of the molecule is CCC(CC)(CC(=O)O)NC(=O)c1ccc(C)cc1. The average molecular weight is 263 g/mol. The molecule has 0 heterocycles. The highest BCUT2D eigenvalue weighted by molar-refractivity contribution is 5.95. The second kappa shape index (κ2) is 6.36. The standard InChI is InChI=1S/C15H21NO3/c1-4-15(5-2,10-13(17)18)16-14(19)12-8-6-11(3)7-9-12/h6-9H,4-5,10H2,1-3H3,(H,16,19)(H,17,18). The largest absolute Gasteiger partial charge is 0.481 e. The van der Waals surface area contributed by atoms with Crippen LogP contribution in [0.3, 0.4) is 0 Å². The van der Waals surface area contributed by atoms with Crippen molar-refractivity contribution in [2.75, 3.05) is 0 Å². The highest BCUT2D eigenvalue weighted by Gasteiger charge is 2.31. The first kappa shape index (κ1) is 15.2. The fourth-order valence-electron chi connectivity index (χ4n) is 2.03. The van der Waals surface area contributed by atoms with Crippen LogP contribution in [0.15, 0.2) is 24.3 Å². The van der Waals surface area contributed by atoms with Crippen LogP contribution in [0, 0.1) is 6.92 Å². The monoisotopic (exact) mass is 263 g/mol. The van der Waals surface area contributed by atoms with Gasteiger partial charge in [0.15, 0.2) is 0 Å². The summed E-state index contributed by atoms with van der Waals surface area (Å²) in [5.41, 5.74) is 0.968. The summed E-state index contributed by atoms with van der Waals surface area (Å²) in [6.07, 6.45) is 1.12. The van der Waals surface area contributed by atoms with Gasteiger partial charge in [-0.3, -0.25) is 9.59 Å².